The molecule has 0 aliphatic heterocycles. The highest BCUT2D eigenvalue weighted by Crippen LogP contribution is 2.22. The molecular formula is C20H17NO6S2. The largest absolute Gasteiger partial charge is 0.494 e. The Morgan fingerprint density at radius 2 is 1.86 bits per heavy atom. The molecule has 0 saturated heterocycles. The standard InChI is InChI=1S/C20H17NO6S2/c1-29(25,26)27-17-5-3-2-4-15(17)10-11-16(22)14-8-6-13(7-9-14)12-18-19(23)21-20(24)28-18/h2-11,23H,12H2,1H3,(H,21,24). The predicted molar refractivity (Wildman–Crippen MR) is 111 cm³/mol. The summed E-state index contributed by atoms with van der Waals surface area (Å²) in [6.45, 7) is 0. The molecule has 0 aliphatic rings. The number of hydrogen-bond donors (Lipinski definition) is 2. The van der Waals surface area contributed by atoms with Gasteiger partial charge in [0, 0.05) is 17.5 Å². The molecule has 29 heavy (non-hydrogen) atoms. The van der Waals surface area contributed by atoms with E-state index in [0.717, 1.165) is 23.2 Å². The van der Waals surface area contributed by atoms with Crippen LogP contribution in [0.3, 0.4) is 0 Å². The van der Waals surface area contributed by atoms with Crippen LogP contribution in [0.5, 0.6) is 11.6 Å². The molecule has 2 aromatic carbocycles. The SMILES string of the molecule is CS(=O)(=O)Oc1ccccc1C=CC(=O)c1ccc(Cc2sc(=O)[nH]c2O)cc1. The van der Waals surface area contributed by atoms with E-state index in [0.29, 0.717) is 22.4 Å². The van der Waals surface area contributed by atoms with E-state index < -0.39 is 10.1 Å². The number of nitrogens with one attached hydrogen (secondary N) is 1. The van der Waals surface area contributed by atoms with Gasteiger partial charge >= 0.3 is 15.0 Å². The minimum Gasteiger partial charge on any atom is -0.494 e. The van der Waals surface area contributed by atoms with Crippen molar-refractivity contribution >= 4 is 33.3 Å². The second-order valence-electron chi connectivity index (χ2n) is 6.18. The monoisotopic (exact) mass is 431 g/mol. The fourth-order valence-corrected chi connectivity index (χ4v) is 3.80. The average Bonchev–Trinajstić information content (AvgIpc) is 2.97. The number of aromatic hydroxyl groups is 1. The van der Waals surface area contributed by atoms with Crippen LogP contribution in [0.1, 0.15) is 26.4 Å². The zero-order valence-electron chi connectivity index (χ0n) is 15.3. The Hall–Kier alpha value is -3.17. The first-order chi connectivity index (χ1) is 13.7. The molecule has 0 saturated carbocycles. The Bertz CT molecular complexity index is 1220. The average molecular weight is 431 g/mol. The molecule has 3 rings (SSSR count). The molecule has 0 fully saturated rings. The maximum Gasteiger partial charge on any atom is 0.307 e. The van der Waals surface area contributed by atoms with Gasteiger partial charge in [-0.2, -0.15) is 8.42 Å². The van der Waals surface area contributed by atoms with E-state index in [4.69, 9.17) is 4.18 Å². The molecule has 0 spiro atoms. The second kappa shape index (κ2) is 8.46. The van der Waals surface area contributed by atoms with Gasteiger partial charge in [-0.05, 0) is 23.8 Å². The van der Waals surface area contributed by atoms with Gasteiger partial charge in [0.2, 0.25) is 5.88 Å². The molecule has 150 valence electrons. The van der Waals surface area contributed by atoms with Gasteiger partial charge in [-0.3, -0.25) is 14.6 Å². The number of carbonyl (C=O) groups is 1. The third kappa shape index (κ3) is 5.66. The molecule has 0 radical (unpaired) electrons. The minimum atomic E-state index is -3.68. The summed E-state index contributed by atoms with van der Waals surface area (Å²) in [4.78, 5) is 26.2. The maximum atomic E-state index is 12.4. The van der Waals surface area contributed by atoms with Crippen LogP contribution in [0.15, 0.2) is 59.4 Å². The van der Waals surface area contributed by atoms with Crippen LogP contribution < -0.4 is 9.06 Å². The summed E-state index contributed by atoms with van der Waals surface area (Å²) in [7, 11) is -3.68. The fourth-order valence-electron chi connectivity index (χ4n) is 2.56. The molecule has 1 aromatic heterocycles. The van der Waals surface area contributed by atoms with Crippen molar-refractivity contribution in [2.45, 2.75) is 6.42 Å². The zero-order chi connectivity index (χ0) is 21.0. The number of thiazole rings is 1. The number of hydrogen-bond acceptors (Lipinski definition) is 7. The Morgan fingerprint density at radius 3 is 2.48 bits per heavy atom. The van der Waals surface area contributed by atoms with Crippen LogP contribution in [0.4, 0.5) is 0 Å². The summed E-state index contributed by atoms with van der Waals surface area (Å²) < 4.78 is 27.6. The van der Waals surface area contributed by atoms with E-state index in [2.05, 4.69) is 4.98 Å². The lowest BCUT2D eigenvalue weighted by atomic mass is 10.0. The molecule has 7 nitrogen and oxygen atoms in total. The molecule has 3 aromatic rings. The Morgan fingerprint density at radius 1 is 1.17 bits per heavy atom. The maximum absolute atomic E-state index is 12.4. The molecule has 0 aliphatic carbocycles. The van der Waals surface area contributed by atoms with Gasteiger partial charge in [-0.1, -0.05) is 53.8 Å². The molecule has 0 amide bonds. The van der Waals surface area contributed by atoms with Crippen molar-refractivity contribution in [3.05, 3.63) is 85.8 Å². The highest BCUT2D eigenvalue weighted by atomic mass is 32.2. The van der Waals surface area contributed by atoms with Gasteiger partial charge in [0.1, 0.15) is 5.75 Å². The van der Waals surface area contributed by atoms with Gasteiger partial charge in [0.25, 0.3) is 0 Å². The number of ketones is 1. The summed E-state index contributed by atoms with van der Waals surface area (Å²) in [5, 5.41) is 9.65. The summed E-state index contributed by atoms with van der Waals surface area (Å²) in [6.07, 6.45) is 4.15. The van der Waals surface area contributed by atoms with Crippen LogP contribution in [-0.2, 0) is 16.5 Å². The first-order valence-electron chi connectivity index (χ1n) is 8.42. The quantitative estimate of drug-likeness (QED) is 0.338. The van der Waals surface area contributed by atoms with Crippen LogP contribution in [-0.4, -0.2) is 30.5 Å². The molecule has 2 N–H and O–H groups in total. The second-order valence-corrected chi connectivity index (χ2v) is 8.83. The Kier molecular flexibility index (Phi) is 6.00. The van der Waals surface area contributed by atoms with E-state index in [9.17, 15) is 23.1 Å². The minimum absolute atomic E-state index is 0.139. The van der Waals surface area contributed by atoms with E-state index in [-0.39, 0.29) is 22.3 Å². The number of aromatic nitrogens is 1. The van der Waals surface area contributed by atoms with Gasteiger partial charge in [0.05, 0.1) is 11.1 Å². The van der Waals surface area contributed by atoms with Gasteiger partial charge in [-0.25, -0.2) is 0 Å². The van der Waals surface area contributed by atoms with Crippen LogP contribution in [0.2, 0.25) is 0 Å². The van der Waals surface area contributed by atoms with Gasteiger partial charge in [0.15, 0.2) is 5.78 Å². The molecular weight excluding hydrogens is 414 g/mol. The van der Waals surface area contributed by atoms with Crippen molar-refractivity contribution in [1.29, 1.82) is 0 Å². The highest BCUT2D eigenvalue weighted by molar-refractivity contribution is 7.86. The third-order valence-electron chi connectivity index (χ3n) is 3.88. The summed E-state index contributed by atoms with van der Waals surface area (Å²) in [5.74, 6) is -0.266. The Labute approximate surface area is 171 Å². The topological polar surface area (TPSA) is 114 Å². The first kappa shape index (κ1) is 20.6. The van der Waals surface area contributed by atoms with E-state index >= 15 is 0 Å². The van der Waals surface area contributed by atoms with Crippen LogP contribution >= 0.6 is 11.3 Å². The van der Waals surface area contributed by atoms with Crippen LogP contribution in [0, 0.1) is 0 Å². The van der Waals surface area contributed by atoms with Crippen molar-refractivity contribution in [3.8, 4) is 11.6 Å². The van der Waals surface area contributed by atoms with E-state index in [1.165, 1.54) is 18.2 Å². The summed E-state index contributed by atoms with van der Waals surface area (Å²) >= 11 is 0.937. The molecule has 0 bridgehead atoms. The lowest BCUT2D eigenvalue weighted by Crippen LogP contribution is -2.06. The predicted octanol–water partition coefficient (Wildman–Crippen LogP) is 2.97. The van der Waals surface area contributed by atoms with Crippen molar-refractivity contribution in [1.82, 2.24) is 4.98 Å². The normalized spacial score (nSPS) is 11.6. The molecule has 0 atom stereocenters. The van der Waals surface area contributed by atoms with E-state index in [1.54, 1.807) is 42.5 Å². The lowest BCUT2D eigenvalue weighted by Gasteiger charge is -2.06. The summed E-state index contributed by atoms with van der Waals surface area (Å²) in [6, 6.07) is 13.3. The lowest BCUT2D eigenvalue weighted by molar-refractivity contribution is 0.104. The van der Waals surface area contributed by atoms with Crippen molar-refractivity contribution in [2.24, 2.45) is 0 Å². The summed E-state index contributed by atoms with van der Waals surface area (Å²) in [5.41, 5.74) is 1.74. The first-order valence-corrected chi connectivity index (χ1v) is 11.1. The van der Waals surface area contributed by atoms with Crippen molar-refractivity contribution < 1.29 is 22.5 Å². The third-order valence-corrected chi connectivity index (χ3v) is 5.23. The van der Waals surface area contributed by atoms with Crippen molar-refractivity contribution in [3.63, 3.8) is 0 Å². The number of rotatable bonds is 7. The van der Waals surface area contributed by atoms with Crippen LogP contribution in [0.25, 0.3) is 6.08 Å². The number of carbonyl (C=O) groups excluding carboxylic acids is 1. The smallest absolute Gasteiger partial charge is 0.307 e. The number of para-hydroxylation sites is 1. The van der Waals surface area contributed by atoms with Gasteiger partial charge < -0.3 is 9.29 Å². The molecule has 1 heterocycles. The van der Waals surface area contributed by atoms with Gasteiger partial charge in [-0.15, -0.1) is 0 Å². The van der Waals surface area contributed by atoms with E-state index in [1.807, 2.05) is 0 Å². The number of benzene rings is 2. The number of aromatic amines is 1. The molecule has 9 heteroatoms. The number of allylic oxidation sites excluding steroid dienone is 1. The Balaban J connectivity index is 1.73. The number of H-pyrrole nitrogens is 1. The van der Waals surface area contributed by atoms with Crippen molar-refractivity contribution in [2.75, 3.05) is 6.26 Å². The molecule has 0 unspecified atom stereocenters. The highest BCUT2D eigenvalue weighted by Gasteiger charge is 2.10. The fraction of sp³-hybridized carbons (Fsp3) is 0.100. The zero-order valence-corrected chi connectivity index (χ0v) is 16.9.